The van der Waals surface area contributed by atoms with E-state index in [9.17, 15) is 18.9 Å². The fourth-order valence-corrected chi connectivity index (χ4v) is 6.33. The molecule has 0 aliphatic heterocycles. The summed E-state index contributed by atoms with van der Waals surface area (Å²) in [4.78, 5) is 44.0. The molecule has 13 heteroatoms. The Morgan fingerprint density at radius 1 is 0.935 bits per heavy atom. The van der Waals surface area contributed by atoms with E-state index in [2.05, 4.69) is 17.6 Å². The number of furan rings is 1. The largest absolute Gasteiger partial charge is 0.478 e. The Hall–Kier alpha value is -3.02. The van der Waals surface area contributed by atoms with Crippen LogP contribution in [-0.4, -0.2) is 54.0 Å². The van der Waals surface area contributed by atoms with Gasteiger partial charge in [0.25, 0.3) is 5.91 Å². The monoisotopic (exact) mass is 665 g/mol. The van der Waals surface area contributed by atoms with E-state index in [1.807, 2.05) is 37.3 Å². The number of phosphoric acid groups is 1. The summed E-state index contributed by atoms with van der Waals surface area (Å²) in [6.07, 6.45) is 5.01. The van der Waals surface area contributed by atoms with E-state index >= 15 is 0 Å². The van der Waals surface area contributed by atoms with E-state index in [-0.39, 0.29) is 18.3 Å². The van der Waals surface area contributed by atoms with Gasteiger partial charge in [-0.3, -0.25) is 28.0 Å². The molecule has 2 rings (SSSR count). The average Bonchev–Trinajstić information content (AvgIpc) is 3.46. The van der Waals surface area contributed by atoms with Crippen molar-refractivity contribution in [3.05, 3.63) is 48.2 Å². The number of hydrogen-bond donors (Lipinski definition) is 2. The first-order valence-corrected chi connectivity index (χ1v) is 17.3. The van der Waals surface area contributed by atoms with Crippen LogP contribution < -0.4 is 10.6 Å². The molecule has 0 aliphatic carbocycles. The van der Waals surface area contributed by atoms with Gasteiger partial charge < -0.3 is 15.1 Å². The molecule has 1 aromatic carbocycles. The third-order valence-electron chi connectivity index (χ3n) is 6.60. The number of benzene rings is 1. The highest BCUT2D eigenvalue weighted by molar-refractivity contribution is 7.48. The number of carbonyl (C=O) groups is 3. The maximum Gasteiger partial charge on any atom is 0.478 e. The number of carbonyl (C=O) groups excluding carboxylic acids is 3. The number of amides is 3. The zero-order valence-electron chi connectivity index (χ0n) is 28.5. The van der Waals surface area contributed by atoms with Crippen molar-refractivity contribution in [1.29, 1.82) is 0 Å². The van der Waals surface area contributed by atoms with Crippen LogP contribution in [0.25, 0.3) is 11.3 Å². The summed E-state index contributed by atoms with van der Waals surface area (Å²) in [7, 11) is -4.10. The first-order chi connectivity index (χ1) is 21.6. The maximum absolute atomic E-state index is 13.5. The van der Waals surface area contributed by atoms with Gasteiger partial charge in [-0.25, -0.2) is 14.5 Å². The minimum atomic E-state index is -4.10. The Kier molecular flexibility index (Phi) is 15.6. The number of phosphoric ester groups is 1. The molecule has 258 valence electrons. The highest BCUT2D eigenvalue weighted by Gasteiger charge is 2.38. The van der Waals surface area contributed by atoms with Crippen molar-refractivity contribution in [2.45, 2.75) is 111 Å². The Morgan fingerprint density at radius 2 is 1.59 bits per heavy atom. The first kappa shape index (κ1) is 39.2. The molecule has 0 saturated heterocycles. The van der Waals surface area contributed by atoms with Gasteiger partial charge in [0.15, 0.2) is 12.6 Å². The van der Waals surface area contributed by atoms with E-state index in [1.54, 1.807) is 53.7 Å². The smallest absolute Gasteiger partial charge is 0.451 e. The van der Waals surface area contributed by atoms with Crippen molar-refractivity contribution in [2.75, 3.05) is 13.5 Å². The summed E-state index contributed by atoms with van der Waals surface area (Å²) in [5.74, 6) is -0.845. The fourth-order valence-electron chi connectivity index (χ4n) is 4.67. The lowest BCUT2D eigenvalue weighted by Crippen LogP contribution is -2.48. The van der Waals surface area contributed by atoms with Crippen molar-refractivity contribution in [3.63, 3.8) is 0 Å². The predicted octanol–water partition coefficient (Wildman–Crippen LogP) is 7.22. The van der Waals surface area contributed by atoms with Crippen molar-refractivity contribution in [2.24, 2.45) is 5.92 Å². The quantitative estimate of drug-likeness (QED) is 0.0492. The molecule has 0 radical (unpaired) electrons. The van der Waals surface area contributed by atoms with Crippen molar-refractivity contribution in [3.8, 4) is 11.3 Å². The van der Waals surface area contributed by atoms with Gasteiger partial charge in [-0.2, -0.15) is 0 Å². The number of hydrogen-bond acceptors (Lipinski definition) is 9. The molecule has 0 unspecified atom stereocenters. The molecule has 12 nitrogen and oxygen atoms in total. The number of unbranched alkanes of at least 4 members (excludes halogenated alkanes) is 3. The molecule has 3 amide bonds. The number of nitrogens with one attached hydrogen (secondary N) is 2. The second-order valence-electron chi connectivity index (χ2n) is 12.9. The van der Waals surface area contributed by atoms with Gasteiger partial charge >= 0.3 is 7.82 Å². The van der Waals surface area contributed by atoms with Gasteiger partial charge in [0, 0.05) is 5.56 Å². The molecule has 0 bridgehead atoms. The molecule has 2 N–H and O–H groups in total. The molecular weight excluding hydrogens is 613 g/mol. The van der Waals surface area contributed by atoms with Crippen molar-refractivity contribution >= 4 is 26.0 Å². The minimum absolute atomic E-state index is 0.111. The molecule has 2 aromatic rings. The van der Waals surface area contributed by atoms with E-state index in [4.69, 9.17) is 22.8 Å². The van der Waals surface area contributed by atoms with Gasteiger partial charge in [-0.05, 0) is 66.5 Å². The lowest BCUT2D eigenvalue weighted by atomic mass is 9.90. The lowest BCUT2D eigenvalue weighted by molar-refractivity contribution is -0.223. The van der Waals surface area contributed by atoms with Gasteiger partial charge in [0.05, 0.1) is 29.8 Å². The summed E-state index contributed by atoms with van der Waals surface area (Å²) in [6.45, 7) is 13.4. The Bertz CT molecular complexity index is 1250. The van der Waals surface area contributed by atoms with E-state index in [0.717, 1.165) is 36.3 Å². The third-order valence-corrected chi connectivity index (χ3v) is 8.57. The molecule has 0 fully saturated rings. The second-order valence-corrected chi connectivity index (χ2v) is 14.4. The molecule has 1 aromatic heterocycles. The number of hydroxylamine groups is 2. The number of rotatable bonds is 20. The SMILES string of the molecule is CCCCCC[C@@H](C(=O)NCNC(=O)c1ccc(-c2ccccc2)o1)[C@@H](CC)N(C=O)OCOP(=O)(OC(C)(C)C)OC(C)(C)C. The molecular formula is C33H52N3O9P. The molecule has 0 spiro atoms. The van der Waals surface area contributed by atoms with Crippen LogP contribution in [0.5, 0.6) is 0 Å². The summed E-state index contributed by atoms with van der Waals surface area (Å²) >= 11 is 0. The number of nitrogens with zero attached hydrogens (tertiary/aromatic N) is 1. The van der Waals surface area contributed by atoms with Gasteiger partial charge in [-0.15, -0.1) is 0 Å². The average molecular weight is 666 g/mol. The van der Waals surface area contributed by atoms with Crippen LogP contribution in [0.15, 0.2) is 46.9 Å². The van der Waals surface area contributed by atoms with E-state index in [1.165, 1.54) is 0 Å². The van der Waals surface area contributed by atoms with Gasteiger partial charge in [0.2, 0.25) is 12.3 Å². The second kappa shape index (κ2) is 18.4. The van der Waals surface area contributed by atoms with Gasteiger partial charge in [0.1, 0.15) is 5.76 Å². The van der Waals surface area contributed by atoms with E-state index < -0.39 is 43.7 Å². The Morgan fingerprint density at radius 3 is 2.15 bits per heavy atom. The first-order valence-electron chi connectivity index (χ1n) is 15.8. The van der Waals surface area contributed by atoms with Crippen molar-refractivity contribution < 1.29 is 41.8 Å². The van der Waals surface area contributed by atoms with Gasteiger partial charge in [-0.1, -0.05) is 69.9 Å². The summed E-state index contributed by atoms with van der Waals surface area (Å²) in [5.41, 5.74) is -0.866. The van der Waals surface area contributed by atoms with Crippen molar-refractivity contribution in [1.82, 2.24) is 15.7 Å². The fraction of sp³-hybridized carbons (Fsp3) is 0.606. The van der Waals surface area contributed by atoms with Crippen LogP contribution in [0.2, 0.25) is 0 Å². The third kappa shape index (κ3) is 13.8. The van der Waals surface area contributed by atoms with Crippen LogP contribution in [0.4, 0.5) is 0 Å². The van der Waals surface area contributed by atoms with Crippen LogP contribution in [-0.2, 0) is 32.6 Å². The summed E-state index contributed by atoms with van der Waals surface area (Å²) in [5, 5.41) is 6.43. The minimum Gasteiger partial charge on any atom is -0.451 e. The highest BCUT2D eigenvalue weighted by Crippen LogP contribution is 2.55. The highest BCUT2D eigenvalue weighted by atomic mass is 31.2. The van der Waals surface area contributed by atoms with Crippen LogP contribution in [0, 0.1) is 5.92 Å². The zero-order valence-corrected chi connectivity index (χ0v) is 29.4. The topological polar surface area (TPSA) is 146 Å². The predicted molar refractivity (Wildman–Crippen MR) is 175 cm³/mol. The Balaban J connectivity index is 2.08. The zero-order chi connectivity index (χ0) is 34.4. The molecule has 0 aliphatic rings. The Labute approximate surface area is 273 Å². The normalized spacial score (nSPS) is 13.6. The molecule has 0 saturated carbocycles. The standard InChI is InChI=1S/C33H52N3O9P/c1-9-11-12-16-19-26(30(38)34-22-35-31(39)29-21-20-28(43-29)25-17-14-13-15-18-25)27(10-2)36(23-37)41-24-42-46(40,44-32(3,4)5)45-33(6,7)8/h13-15,17-18,20-21,23,26-27H,9-12,16,19,22,24H2,1-8H3,(H,34,38)(H,35,39)/t26-,27-/m1/s1. The van der Waals surface area contributed by atoms with Crippen LogP contribution in [0.3, 0.4) is 0 Å². The van der Waals surface area contributed by atoms with Crippen LogP contribution in [0.1, 0.15) is 104 Å². The molecule has 2 atom stereocenters. The molecule has 1 heterocycles. The maximum atomic E-state index is 13.5. The summed E-state index contributed by atoms with van der Waals surface area (Å²) < 4.78 is 35.7. The van der Waals surface area contributed by atoms with Crippen LogP contribution >= 0.6 is 7.82 Å². The molecule has 46 heavy (non-hydrogen) atoms. The van der Waals surface area contributed by atoms with E-state index in [0.29, 0.717) is 25.0 Å². The summed E-state index contributed by atoms with van der Waals surface area (Å²) in [6, 6.07) is 12.0. The lowest BCUT2D eigenvalue weighted by Gasteiger charge is -2.34.